The number of nitrogens with one attached hydrogen (secondary N) is 3. The molecule has 2 atom stereocenters. The van der Waals surface area contributed by atoms with Crippen LogP contribution in [0.2, 0.25) is 0 Å². The average Bonchev–Trinajstić information content (AvgIpc) is 3.09. The van der Waals surface area contributed by atoms with E-state index in [9.17, 15) is 4.79 Å². The van der Waals surface area contributed by atoms with E-state index in [4.69, 9.17) is 0 Å². The fourth-order valence-electron chi connectivity index (χ4n) is 4.08. The summed E-state index contributed by atoms with van der Waals surface area (Å²) in [5.74, 6) is 0.553. The van der Waals surface area contributed by atoms with Gasteiger partial charge in [-0.25, -0.2) is 0 Å². The summed E-state index contributed by atoms with van der Waals surface area (Å²) < 4.78 is 0. The number of carbonyl (C=O) groups excluding carboxylic acids is 1. The minimum absolute atomic E-state index is 0.00178. The second kappa shape index (κ2) is 7.47. The van der Waals surface area contributed by atoms with Crippen molar-refractivity contribution in [1.29, 1.82) is 0 Å². The zero-order valence-corrected chi connectivity index (χ0v) is 16.0. The maximum absolute atomic E-state index is 12.8. The highest BCUT2D eigenvalue weighted by molar-refractivity contribution is 5.99. The Hall–Kier alpha value is -2.75. The number of anilines is 2. The summed E-state index contributed by atoms with van der Waals surface area (Å²) in [5, 5.41) is 7.75. The number of aryl methyl sites for hydroxylation is 1. The van der Waals surface area contributed by atoms with Gasteiger partial charge in [-0.15, -0.1) is 0 Å². The zero-order chi connectivity index (χ0) is 18.8. The van der Waals surface area contributed by atoms with Crippen molar-refractivity contribution >= 4 is 28.2 Å². The van der Waals surface area contributed by atoms with E-state index >= 15 is 0 Å². The van der Waals surface area contributed by atoms with Crippen molar-refractivity contribution in [2.75, 3.05) is 5.32 Å². The molecule has 4 nitrogen and oxygen atoms in total. The minimum atomic E-state index is 0.00178. The number of amides is 1. The SMILES string of the molecule is Cc1cc(Nc2ccccc2)cc2[nH]c(C(=O)NC3CCCCC3C)cc12. The van der Waals surface area contributed by atoms with E-state index < -0.39 is 0 Å². The van der Waals surface area contributed by atoms with Gasteiger partial charge in [0.2, 0.25) is 0 Å². The Labute approximate surface area is 160 Å². The van der Waals surface area contributed by atoms with E-state index in [1.807, 2.05) is 36.4 Å². The van der Waals surface area contributed by atoms with Crippen LogP contribution in [0.1, 0.15) is 48.7 Å². The number of rotatable bonds is 4. The van der Waals surface area contributed by atoms with Crippen LogP contribution in [-0.4, -0.2) is 16.9 Å². The topological polar surface area (TPSA) is 56.9 Å². The molecule has 1 fully saturated rings. The van der Waals surface area contributed by atoms with E-state index in [1.54, 1.807) is 0 Å². The standard InChI is InChI=1S/C23H27N3O/c1-15-8-6-7-11-20(15)26-23(27)22-14-19-16(2)12-18(13-21(19)25-22)24-17-9-4-3-5-10-17/h3-5,9-10,12-15,20,24-25H,6-8,11H2,1-2H3,(H,26,27). The van der Waals surface area contributed by atoms with E-state index in [2.05, 4.69) is 41.6 Å². The first kappa shape index (κ1) is 17.7. The molecule has 140 valence electrons. The van der Waals surface area contributed by atoms with Gasteiger partial charge < -0.3 is 15.6 Å². The highest BCUT2D eigenvalue weighted by Crippen LogP contribution is 2.27. The quantitative estimate of drug-likeness (QED) is 0.572. The molecule has 1 heterocycles. The summed E-state index contributed by atoms with van der Waals surface area (Å²) in [6.45, 7) is 4.32. The molecule has 1 saturated carbocycles. The van der Waals surface area contributed by atoms with Crippen LogP contribution in [0.5, 0.6) is 0 Å². The van der Waals surface area contributed by atoms with Crippen LogP contribution in [0.3, 0.4) is 0 Å². The summed E-state index contributed by atoms with van der Waals surface area (Å²) in [7, 11) is 0. The van der Waals surface area contributed by atoms with Gasteiger partial charge >= 0.3 is 0 Å². The molecule has 27 heavy (non-hydrogen) atoms. The van der Waals surface area contributed by atoms with Gasteiger partial charge in [0.05, 0.1) is 0 Å². The molecule has 0 radical (unpaired) electrons. The van der Waals surface area contributed by atoms with Crippen molar-refractivity contribution in [3.05, 3.63) is 59.8 Å². The highest BCUT2D eigenvalue weighted by atomic mass is 16.1. The Morgan fingerprint density at radius 3 is 2.59 bits per heavy atom. The van der Waals surface area contributed by atoms with Gasteiger partial charge in [-0.2, -0.15) is 0 Å². The second-order valence-corrected chi connectivity index (χ2v) is 7.77. The number of carbonyl (C=O) groups is 1. The molecule has 3 aromatic rings. The normalized spacial score (nSPS) is 19.8. The number of hydrogen-bond acceptors (Lipinski definition) is 2. The predicted octanol–water partition coefficient (Wildman–Crippen LogP) is 5.53. The van der Waals surface area contributed by atoms with Crippen LogP contribution in [0, 0.1) is 12.8 Å². The lowest BCUT2D eigenvalue weighted by Gasteiger charge is -2.29. The lowest BCUT2D eigenvalue weighted by atomic mass is 9.86. The largest absolute Gasteiger partial charge is 0.355 e. The number of benzene rings is 2. The van der Waals surface area contributed by atoms with Crippen LogP contribution < -0.4 is 10.6 Å². The Kier molecular flexibility index (Phi) is 4.88. The first-order valence-electron chi connectivity index (χ1n) is 9.86. The summed E-state index contributed by atoms with van der Waals surface area (Å²) in [5.41, 5.74) is 4.83. The number of aromatic nitrogens is 1. The van der Waals surface area contributed by atoms with Crippen LogP contribution in [-0.2, 0) is 0 Å². The van der Waals surface area contributed by atoms with E-state index in [0.717, 1.165) is 34.3 Å². The van der Waals surface area contributed by atoms with E-state index in [-0.39, 0.29) is 11.9 Å². The van der Waals surface area contributed by atoms with Gasteiger partial charge in [0.25, 0.3) is 5.91 Å². The van der Waals surface area contributed by atoms with Crippen molar-refractivity contribution in [1.82, 2.24) is 10.3 Å². The van der Waals surface area contributed by atoms with Gasteiger partial charge in [-0.3, -0.25) is 4.79 Å². The third-order valence-corrected chi connectivity index (χ3v) is 5.68. The molecule has 0 aliphatic heterocycles. The van der Waals surface area contributed by atoms with Gasteiger partial charge in [-0.05, 0) is 61.6 Å². The first-order valence-corrected chi connectivity index (χ1v) is 9.86. The third kappa shape index (κ3) is 3.85. The third-order valence-electron chi connectivity index (χ3n) is 5.68. The van der Waals surface area contributed by atoms with E-state index in [0.29, 0.717) is 11.6 Å². The monoisotopic (exact) mass is 361 g/mol. The minimum Gasteiger partial charge on any atom is -0.355 e. The predicted molar refractivity (Wildman–Crippen MR) is 112 cm³/mol. The molecule has 3 N–H and O–H groups in total. The smallest absolute Gasteiger partial charge is 0.267 e. The number of para-hydroxylation sites is 1. The van der Waals surface area contributed by atoms with Crippen LogP contribution in [0.25, 0.3) is 10.9 Å². The summed E-state index contributed by atoms with van der Waals surface area (Å²) in [6, 6.07) is 16.5. The fourth-order valence-corrected chi connectivity index (χ4v) is 4.08. The van der Waals surface area contributed by atoms with Crippen molar-refractivity contribution in [3.8, 4) is 0 Å². The molecule has 2 aromatic carbocycles. The molecule has 1 aliphatic carbocycles. The van der Waals surface area contributed by atoms with Crippen molar-refractivity contribution < 1.29 is 4.79 Å². The van der Waals surface area contributed by atoms with Crippen molar-refractivity contribution in [2.24, 2.45) is 5.92 Å². The maximum Gasteiger partial charge on any atom is 0.267 e. The lowest BCUT2D eigenvalue weighted by molar-refractivity contribution is 0.0906. The molecule has 1 amide bonds. The van der Waals surface area contributed by atoms with Crippen LogP contribution in [0.15, 0.2) is 48.5 Å². The highest BCUT2D eigenvalue weighted by Gasteiger charge is 2.24. The Bertz CT molecular complexity index is 945. The molecular weight excluding hydrogens is 334 g/mol. The second-order valence-electron chi connectivity index (χ2n) is 7.77. The number of aromatic amines is 1. The number of fused-ring (bicyclic) bond motifs is 1. The zero-order valence-electron chi connectivity index (χ0n) is 16.0. The van der Waals surface area contributed by atoms with Gasteiger partial charge in [-0.1, -0.05) is 38.0 Å². The summed E-state index contributed by atoms with van der Waals surface area (Å²) >= 11 is 0. The van der Waals surface area contributed by atoms with Gasteiger partial charge in [0.1, 0.15) is 5.69 Å². The van der Waals surface area contributed by atoms with E-state index in [1.165, 1.54) is 19.3 Å². The Balaban J connectivity index is 1.56. The van der Waals surface area contributed by atoms with Crippen molar-refractivity contribution in [2.45, 2.75) is 45.6 Å². The lowest BCUT2D eigenvalue weighted by Crippen LogP contribution is -2.41. The Morgan fingerprint density at radius 1 is 1.04 bits per heavy atom. The molecule has 2 unspecified atom stereocenters. The van der Waals surface area contributed by atoms with Crippen LogP contribution in [0.4, 0.5) is 11.4 Å². The fraction of sp³-hybridized carbons (Fsp3) is 0.348. The number of hydrogen-bond donors (Lipinski definition) is 3. The summed E-state index contributed by atoms with van der Waals surface area (Å²) in [6.07, 6.45) is 4.76. The molecular formula is C23H27N3O. The molecule has 4 rings (SSSR count). The van der Waals surface area contributed by atoms with Crippen LogP contribution >= 0.6 is 0 Å². The number of H-pyrrole nitrogens is 1. The molecule has 0 spiro atoms. The van der Waals surface area contributed by atoms with Crippen molar-refractivity contribution in [3.63, 3.8) is 0 Å². The average molecular weight is 361 g/mol. The molecule has 1 aromatic heterocycles. The molecule has 0 bridgehead atoms. The molecule has 4 heteroatoms. The molecule has 0 saturated heterocycles. The molecule has 1 aliphatic rings. The first-order chi connectivity index (χ1) is 13.1. The van der Waals surface area contributed by atoms with Gasteiger partial charge in [0, 0.05) is 28.3 Å². The van der Waals surface area contributed by atoms with Gasteiger partial charge in [0.15, 0.2) is 0 Å². The Morgan fingerprint density at radius 2 is 1.81 bits per heavy atom. The maximum atomic E-state index is 12.8. The summed E-state index contributed by atoms with van der Waals surface area (Å²) in [4.78, 5) is 16.1.